The number of halogens is 2. The van der Waals surface area contributed by atoms with Crippen LogP contribution in [0, 0.1) is 21.7 Å². The molecule has 0 spiro atoms. The fourth-order valence-corrected chi connectivity index (χ4v) is 2.71. The fourth-order valence-electron chi connectivity index (χ4n) is 1.80. The maximum atomic E-state index is 13.4. The van der Waals surface area contributed by atoms with E-state index in [0.29, 0.717) is 0 Å². The van der Waals surface area contributed by atoms with Gasteiger partial charge in [-0.25, -0.2) is 8.78 Å². The maximum absolute atomic E-state index is 13.4. The van der Waals surface area contributed by atoms with Gasteiger partial charge >= 0.3 is 0 Å². The summed E-state index contributed by atoms with van der Waals surface area (Å²) in [6, 6.07) is 6.98. The van der Waals surface area contributed by atoms with Gasteiger partial charge in [0, 0.05) is 18.6 Å². The highest BCUT2D eigenvalue weighted by molar-refractivity contribution is 7.86. The summed E-state index contributed by atoms with van der Waals surface area (Å²) < 4.78 is 54.9. The Labute approximate surface area is 130 Å². The summed E-state index contributed by atoms with van der Waals surface area (Å²) in [6.07, 6.45) is -0.143. The van der Waals surface area contributed by atoms with Gasteiger partial charge in [0.2, 0.25) is 0 Å². The highest BCUT2D eigenvalue weighted by Gasteiger charge is 2.17. The summed E-state index contributed by atoms with van der Waals surface area (Å²) in [7, 11) is -4.13. The quantitative estimate of drug-likeness (QED) is 0.457. The van der Waals surface area contributed by atoms with Crippen LogP contribution in [0.4, 0.5) is 14.5 Å². The molecular formula is C14H11F2NO5S. The minimum Gasteiger partial charge on any atom is -0.266 e. The minimum absolute atomic E-state index is 0.0103. The van der Waals surface area contributed by atoms with Gasteiger partial charge in [-0.3, -0.25) is 14.3 Å². The van der Waals surface area contributed by atoms with Crippen molar-refractivity contribution in [1.29, 1.82) is 0 Å². The Balaban J connectivity index is 2.04. The Morgan fingerprint density at radius 1 is 1.09 bits per heavy atom. The Morgan fingerprint density at radius 3 is 2.35 bits per heavy atom. The smallest absolute Gasteiger partial charge is 0.266 e. The summed E-state index contributed by atoms with van der Waals surface area (Å²) in [5.41, 5.74) is -0.269. The molecule has 0 saturated heterocycles. The Hall–Kier alpha value is -2.39. The molecule has 2 rings (SSSR count). The zero-order valence-corrected chi connectivity index (χ0v) is 12.4. The van der Waals surface area contributed by atoms with Crippen LogP contribution >= 0.6 is 0 Å². The normalized spacial score (nSPS) is 11.4. The van der Waals surface area contributed by atoms with Crippen LogP contribution in [0.3, 0.4) is 0 Å². The molecule has 2 aromatic rings. The molecule has 6 nitrogen and oxygen atoms in total. The van der Waals surface area contributed by atoms with Crippen LogP contribution in [0.1, 0.15) is 5.56 Å². The van der Waals surface area contributed by atoms with Gasteiger partial charge in [0.25, 0.3) is 15.8 Å². The van der Waals surface area contributed by atoms with Crippen LogP contribution in [-0.2, 0) is 20.7 Å². The molecule has 0 bridgehead atoms. The van der Waals surface area contributed by atoms with Crippen molar-refractivity contribution in [3.8, 4) is 0 Å². The number of hydrogen-bond donors (Lipinski definition) is 0. The third-order valence-corrected chi connectivity index (χ3v) is 4.28. The minimum atomic E-state index is -4.13. The predicted octanol–water partition coefficient (Wildman–Crippen LogP) is 2.82. The van der Waals surface area contributed by atoms with E-state index in [0.717, 1.165) is 42.5 Å². The van der Waals surface area contributed by atoms with Crippen LogP contribution in [0.5, 0.6) is 0 Å². The number of nitrogens with zero attached hydrogens (tertiary/aromatic N) is 1. The molecule has 2 aromatic carbocycles. The van der Waals surface area contributed by atoms with Crippen LogP contribution in [0.25, 0.3) is 0 Å². The van der Waals surface area contributed by atoms with Crippen LogP contribution in [-0.4, -0.2) is 19.9 Å². The number of nitro benzene ring substituents is 1. The molecule has 0 radical (unpaired) electrons. The van der Waals surface area contributed by atoms with Crippen molar-refractivity contribution in [3.05, 3.63) is 69.8 Å². The van der Waals surface area contributed by atoms with E-state index in [4.69, 9.17) is 4.18 Å². The number of hydrogen-bond acceptors (Lipinski definition) is 5. The molecule has 0 N–H and O–H groups in total. The van der Waals surface area contributed by atoms with Crippen molar-refractivity contribution in [2.24, 2.45) is 0 Å². The first-order chi connectivity index (χ1) is 10.8. The summed E-state index contributed by atoms with van der Waals surface area (Å²) in [5.74, 6) is -1.30. The molecule has 0 atom stereocenters. The summed E-state index contributed by atoms with van der Waals surface area (Å²) in [4.78, 5) is 9.58. The average Bonchev–Trinajstić information content (AvgIpc) is 2.50. The largest absolute Gasteiger partial charge is 0.296 e. The monoisotopic (exact) mass is 343 g/mol. The second kappa shape index (κ2) is 6.80. The molecule has 0 aliphatic rings. The molecule has 0 unspecified atom stereocenters. The van der Waals surface area contributed by atoms with Gasteiger partial charge in [-0.15, -0.1) is 0 Å². The first-order valence-electron chi connectivity index (χ1n) is 6.37. The summed E-state index contributed by atoms with van der Waals surface area (Å²) in [5, 5.41) is 10.5. The summed E-state index contributed by atoms with van der Waals surface area (Å²) >= 11 is 0. The predicted molar refractivity (Wildman–Crippen MR) is 76.3 cm³/mol. The van der Waals surface area contributed by atoms with Crippen molar-refractivity contribution in [1.82, 2.24) is 0 Å². The van der Waals surface area contributed by atoms with Crippen LogP contribution in [0.2, 0.25) is 0 Å². The number of benzene rings is 2. The van der Waals surface area contributed by atoms with Crippen molar-refractivity contribution in [2.75, 3.05) is 6.61 Å². The highest BCUT2D eigenvalue weighted by atomic mass is 32.2. The van der Waals surface area contributed by atoms with Gasteiger partial charge in [0.05, 0.1) is 16.4 Å². The van der Waals surface area contributed by atoms with E-state index in [1.807, 2.05) is 0 Å². The lowest BCUT2D eigenvalue weighted by Crippen LogP contribution is -2.10. The zero-order valence-electron chi connectivity index (χ0n) is 11.6. The molecule has 0 aliphatic heterocycles. The first kappa shape index (κ1) is 17.0. The highest BCUT2D eigenvalue weighted by Crippen LogP contribution is 2.18. The van der Waals surface area contributed by atoms with Gasteiger partial charge in [-0.05, 0) is 35.9 Å². The molecule has 0 fully saturated rings. The second-order valence-electron chi connectivity index (χ2n) is 4.51. The lowest BCUT2D eigenvalue weighted by atomic mass is 10.1. The average molecular weight is 343 g/mol. The van der Waals surface area contributed by atoms with Gasteiger partial charge in [-0.2, -0.15) is 8.42 Å². The standard InChI is InChI=1S/C14H11F2NO5S/c15-11-1-6-14(16)10(9-11)7-8-22-23(20,21)13-4-2-12(3-5-13)17(18)19/h1-6,9H,7-8H2. The van der Waals surface area contributed by atoms with Crippen molar-refractivity contribution >= 4 is 15.8 Å². The number of rotatable bonds is 6. The van der Waals surface area contributed by atoms with Gasteiger partial charge in [0.15, 0.2) is 0 Å². The molecular weight excluding hydrogens is 332 g/mol. The van der Waals surface area contributed by atoms with Crippen molar-refractivity contribution in [3.63, 3.8) is 0 Å². The second-order valence-corrected chi connectivity index (χ2v) is 6.13. The van der Waals surface area contributed by atoms with Crippen molar-refractivity contribution in [2.45, 2.75) is 11.3 Å². The van der Waals surface area contributed by atoms with Crippen LogP contribution < -0.4 is 0 Å². The molecule has 122 valence electrons. The topological polar surface area (TPSA) is 86.5 Å². The van der Waals surface area contributed by atoms with E-state index in [2.05, 4.69) is 0 Å². The molecule has 23 heavy (non-hydrogen) atoms. The first-order valence-corrected chi connectivity index (χ1v) is 7.78. The van der Waals surface area contributed by atoms with E-state index in [-0.39, 0.29) is 29.2 Å². The molecule has 0 amide bonds. The van der Waals surface area contributed by atoms with Gasteiger partial charge < -0.3 is 0 Å². The van der Waals surface area contributed by atoms with E-state index in [1.54, 1.807) is 0 Å². The number of non-ortho nitro benzene ring substituents is 1. The maximum Gasteiger partial charge on any atom is 0.296 e. The van der Waals surface area contributed by atoms with Crippen molar-refractivity contribution < 1.29 is 26.3 Å². The SMILES string of the molecule is O=[N+]([O-])c1ccc(S(=O)(=O)OCCc2cc(F)ccc2F)cc1. The fraction of sp³-hybridized carbons (Fsp3) is 0.143. The lowest BCUT2D eigenvalue weighted by molar-refractivity contribution is -0.384. The third kappa shape index (κ3) is 4.30. The molecule has 9 heteroatoms. The van der Waals surface area contributed by atoms with Crippen LogP contribution in [0.15, 0.2) is 47.4 Å². The van der Waals surface area contributed by atoms with E-state index in [9.17, 15) is 27.3 Å². The Bertz CT molecular complexity index is 822. The lowest BCUT2D eigenvalue weighted by Gasteiger charge is -2.06. The molecule has 0 saturated carbocycles. The Morgan fingerprint density at radius 2 is 1.74 bits per heavy atom. The Kier molecular flexibility index (Phi) is 5.02. The van der Waals surface area contributed by atoms with E-state index >= 15 is 0 Å². The molecule has 0 heterocycles. The molecule has 0 aliphatic carbocycles. The van der Waals surface area contributed by atoms with Gasteiger partial charge in [0.1, 0.15) is 11.6 Å². The third-order valence-electron chi connectivity index (χ3n) is 2.95. The molecule has 0 aromatic heterocycles. The van der Waals surface area contributed by atoms with Gasteiger partial charge in [-0.1, -0.05) is 0 Å². The number of nitro groups is 1. The zero-order chi connectivity index (χ0) is 17.0. The summed E-state index contributed by atoms with van der Waals surface area (Å²) in [6.45, 7) is -0.389. The van der Waals surface area contributed by atoms with E-state index in [1.165, 1.54) is 0 Å². The van der Waals surface area contributed by atoms with E-state index < -0.39 is 26.7 Å².